The molecule has 1 N–H and O–H groups in total. The van der Waals surface area contributed by atoms with Gasteiger partial charge in [-0.15, -0.1) is 0 Å². The summed E-state index contributed by atoms with van der Waals surface area (Å²) in [4.78, 5) is 9.36. The summed E-state index contributed by atoms with van der Waals surface area (Å²) >= 11 is 0. The van der Waals surface area contributed by atoms with E-state index in [9.17, 15) is 4.79 Å². The van der Waals surface area contributed by atoms with E-state index in [1.165, 1.54) is 6.29 Å². The van der Waals surface area contributed by atoms with Gasteiger partial charge in [0.25, 0.3) is 0 Å². The SMILES string of the molecule is CC[C@@H](O)[C]=O. The Kier molecular flexibility index (Phi) is 2.67. The second-order valence-corrected chi connectivity index (χ2v) is 1.04. The lowest BCUT2D eigenvalue weighted by molar-refractivity contribution is 0.230. The summed E-state index contributed by atoms with van der Waals surface area (Å²) < 4.78 is 0. The molecule has 0 saturated heterocycles. The van der Waals surface area contributed by atoms with Crippen molar-refractivity contribution >= 4 is 6.29 Å². The molecule has 0 spiro atoms. The first kappa shape index (κ1) is 5.63. The van der Waals surface area contributed by atoms with Gasteiger partial charge in [0.2, 0.25) is 6.29 Å². The smallest absolute Gasteiger partial charge is 0.229 e. The number of rotatable bonds is 2. The maximum atomic E-state index is 9.36. The molecule has 0 aliphatic rings. The van der Waals surface area contributed by atoms with Crippen molar-refractivity contribution in [1.82, 2.24) is 0 Å². The van der Waals surface area contributed by atoms with Crippen molar-refractivity contribution in [2.75, 3.05) is 0 Å². The number of hydrogen-bond donors (Lipinski definition) is 1. The highest BCUT2D eigenvalue weighted by atomic mass is 16.3. The van der Waals surface area contributed by atoms with Gasteiger partial charge in [-0.25, -0.2) is 0 Å². The minimum absolute atomic E-state index is 0.462. The number of hydrogen-bond acceptors (Lipinski definition) is 2. The van der Waals surface area contributed by atoms with Crippen molar-refractivity contribution < 1.29 is 9.90 Å². The van der Waals surface area contributed by atoms with E-state index in [0.29, 0.717) is 6.42 Å². The summed E-state index contributed by atoms with van der Waals surface area (Å²) in [5.41, 5.74) is 0. The van der Waals surface area contributed by atoms with E-state index in [2.05, 4.69) is 0 Å². The van der Waals surface area contributed by atoms with Gasteiger partial charge in [0.15, 0.2) is 0 Å². The molecule has 35 valence electrons. The minimum atomic E-state index is -0.870. The van der Waals surface area contributed by atoms with Crippen LogP contribution in [0, 0.1) is 0 Å². The van der Waals surface area contributed by atoms with E-state index in [-0.39, 0.29) is 0 Å². The van der Waals surface area contributed by atoms with Gasteiger partial charge in [-0.05, 0) is 6.42 Å². The third-order valence-corrected chi connectivity index (χ3v) is 0.523. The maximum absolute atomic E-state index is 9.36. The molecule has 0 saturated carbocycles. The molecule has 0 aromatic carbocycles. The first-order valence-electron chi connectivity index (χ1n) is 1.87. The van der Waals surface area contributed by atoms with Crippen LogP contribution >= 0.6 is 0 Å². The average molecular weight is 87.1 g/mol. The minimum Gasteiger partial charge on any atom is -0.385 e. The second kappa shape index (κ2) is 2.85. The summed E-state index contributed by atoms with van der Waals surface area (Å²) in [6, 6.07) is 0. The molecule has 0 unspecified atom stereocenters. The lowest BCUT2D eigenvalue weighted by Gasteiger charge is -1.88. The fraction of sp³-hybridized carbons (Fsp3) is 0.750. The third kappa shape index (κ3) is 1.91. The largest absolute Gasteiger partial charge is 0.385 e. The van der Waals surface area contributed by atoms with Crippen LogP contribution in [0.3, 0.4) is 0 Å². The van der Waals surface area contributed by atoms with Crippen molar-refractivity contribution in [2.45, 2.75) is 19.4 Å². The van der Waals surface area contributed by atoms with Gasteiger partial charge in [-0.1, -0.05) is 6.92 Å². The predicted molar refractivity (Wildman–Crippen MR) is 22.0 cm³/mol. The van der Waals surface area contributed by atoms with Gasteiger partial charge in [-0.2, -0.15) is 0 Å². The number of carbonyl (C=O) groups excluding carboxylic acids is 1. The molecule has 0 bridgehead atoms. The molecule has 0 rings (SSSR count). The fourth-order valence-electron chi connectivity index (χ4n) is 0.0833. The maximum Gasteiger partial charge on any atom is 0.229 e. The lowest BCUT2D eigenvalue weighted by Crippen LogP contribution is -2.03. The van der Waals surface area contributed by atoms with Crippen LogP contribution < -0.4 is 0 Å². The van der Waals surface area contributed by atoms with Gasteiger partial charge >= 0.3 is 0 Å². The fourth-order valence-corrected chi connectivity index (χ4v) is 0.0833. The highest BCUT2D eigenvalue weighted by molar-refractivity contribution is 5.56. The molecule has 0 aromatic heterocycles. The molecular formula is C4H7O2. The van der Waals surface area contributed by atoms with Crippen LogP contribution in [0.1, 0.15) is 13.3 Å². The molecule has 1 atom stereocenters. The van der Waals surface area contributed by atoms with Crippen LogP contribution in [0.5, 0.6) is 0 Å². The summed E-state index contributed by atoms with van der Waals surface area (Å²) in [5, 5.41) is 8.24. The lowest BCUT2D eigenvalue weighted by atomic mass is 10.3. The van der Waals surface area contributed by atoms with E-state index in [1.54, 1.807) is 6.92 Å². The molecule has 0 fully saturated rings. The Hall–Kier alpha value is -0.370. The molecular weight excluding hydrogens is 80.0 g/mol. The molecule has 2 nitrogen and oxygen atoms in total. The molecule has 1 radical (unpaired) electrons. The molecule has 2 heteroatoms. The van der Waals surface area contributed by atoms with Gasteiger partial charge in [0.05, 0.1) is 0 Å². The molecule has 0 aliphatic carbocycles. The number of aliphatic hydroxyl groups excluding tert-OH is 1. The zero-order chi connectivity index (χ0) is 4.99. The standard InChI is InChI=1S/C4H7O2/c1-2-4(6)3-5/h4,6H,2H2,1H3/t4-/m1/s1. The summed E-state index contributed by atoms with van der Waals surface area (Å²) in [6.45, 7) is 1.72. The van der Waals surface area contributed by atoms with Crippen LogP contribution in [0.25, 0.3) is 0 Å². The Labute approximate surface area is 36.8 Å². The van der Waals surface area contributed by atoms with Gasteiger partial charge in [0.1, 0.15) is 6.10 Å². The normalized spacial score (nSPS) is 13.7. The van der Waals surface area contributed by atoms with Gasteiger partial charge in [0, 0.05) is 0 Å². The monoisotopic (exact) mass is 87.0 g/mol. The molecule has 0 aromatic rings. The molecule has 6 heavy (non-hydrogen) atoms. The first-order chi connectivity index (χ1) is 2.81. The summed E-state index contributed by atoms with van der Waals surface area (Å²) in [5.74, 6) is 0. The Morgan fingerprint density at radius 2 is 2.50 bits per heavy atom. The van der Waals surface area contributed by atoms with E-state index >= 15 is 0 Å². The Morgan fingerprint density at radius 1 is 2.00 bits per heavy atom. The molecule has 0 aliphatic heterocycles. The molecule has 0 amide bonds. The Balaban J connectivity index is 2.96. The summed E-state index contributed by atoms with van der Waals surface area (Å²) in [6.07, 6.45) is 1.01. The first-order valence-corrected chi connectivity index (χ1v) is 1.87. The topological polar surface area (TPSA) is 37.3 Å². The van der Waals surface area contributed by atoms with Crippen LogP contribution in [-0.2, 0) is 4.79 Å². The summed E-state index contributed by atoms with van der Waals surface area (Å²) in [7, 11) is 0. The van der Waals surface area contributed by atoms with Crippen LogP contribution in [0.15, 0.2) is 0 Å². The van der Waals surface area contributed by atoms with E-state index in [4.69, 9.17) is 5.11 Å². The zero-order valence-electron chi connectivity index (χ0n) is 3.64. The third-order valence-electron chi connectivity index (χ3n) is 0.523. The number of aliphatic hydroxyl groups is 1. The quantitative estimate of drug-likeness (QED) is 0.509. The van der Waals surface area contributed by atoms with Crippen LogP contribution in [0.4, 0.5) is 0 Å². The Morgan fingerprint density at radius 3 is 2.50 bits per heavy atom. The highest BCUT2D eigenvalue weighted by Gasteiger charge is 1.93. The van der Waals surface area contributed by atoms with Crippen molar-refractivity contribution in [2.24, 2.45) is 0 Å². The predicted octanol–water partition coefficient (Wildman–Crippen LogP) is -0.133. The average Bonchev–Trinajstić information content (AvgIpc) is 1.65. The van der Waals surface area contributed by atoms with Gasteiger partial charge < -0.3 is 5.11 Å². The van der Waals surface area contributed by atoms with E-state index in [1.807, 2.05) is 0 Å². The van der Waals surface area contributed by atoms with Crippen molar-refractivity contribution in [1.29, 1.82) is 0 Å². The molecule has 0 heterocycles. The van der Waals surface area contributed by atoms with Crippen molar-refractivity contribution in [3.63, 3.8) is 0 Å². The van der Waals surface area contributed by atoms with Crippen molar-refractivity contribution in [3.8, 4) is 0 Å². The van der Waals surface area contributed by atoms with Crippen LogP contribution in [0.2, 0.25) is 0 Å². The Bertz CT molecular complexity index is 42.8. The van der Waals surface area contributed by atoms with E-state index < -0.39 is 6.10 Å². The highest BCUT2D eigenvalue weighted by Crippen LogP contribution is 1.79. The van der Waals surface area contributed by atoms with Crippen LogP contribution in [-0.4, -0.2) is 17.5 Å². The second-order valence-electron chi connectivity index (χ2n) is 1.04. The van der Waals surface area contributed by atoms with E-state index in [0.717, 1.165) is 0 Å². The van der Waals surface area contributed by atoms with Crippen molar-refractivity contribution in [3.05, 3.63) is 0 Å². The van der Waals surface area contributed by atoms with Gasteiger partial charge in [-0.3, -0.25) is 4.79 Å². The zero-order valence-corrected chi connectivity index (χ0v) is 3.64.